The van der Waals surface area contributed by atoms with Crippen molar-refractivity contribution in [1.82, 2.24) is 0 Å². The predicted octanol–water partition coefficient (Wildman–Crippen LogP) is 2.64. The topological polar surface area (TPSA) is 37.3 Å². The van der Waals surface area contributed by atoms with Crippen LogP contribution in [0.25, 0.3) is 0 Å². The van der Waals surface area contributed by atoms with Gasteiger partial charge in [0.1, 0.15) is 6.10 Å². The number of hydrogen-bond acceptors (Lipinski definition) is 3. The molecule has 0 radical (unpaired) electrons. The molecule has 2 rings (SSSR count). The smallest absolute Gasteiger partial charge is 0.160 e. The maximum absolute atomic E-state index is 10.7. The van der Waals surface area contributed by atoms with Gasteiger partial charge in [0, 0.05) is 5.56 Å². The number of aliphatic hydroxyl groups excluding tert-OH is 1. The van der Waals surface area contributed by atoms with Crippen molar-refractivity contribution in [2.45, 2.75) is 6.10 Å². The Balaban J connectivity index is 2.36. The summed E-state index contributed by atoms with van der Waals surface area (Å²) in [6, 6.07) is 11.1. The van der Waals surface area contributed by atoms with Gasteiger partial charge in [-0.3, -0.25) is 4.79 Å². The van der Waals surface area contributed by atoms with Crippen LogP contribution in [-0.2, 0) is 0 Å². The van der Waals surface area contributed by atoms with Crippen molar-refractivity contribution >= 4 is 17.6 Å². The molecule has 0 amide bonds. The van der Waals surface area contributed by atoms with Gasteiger partial charge in [-0.1, -0.05) is 30.3 Å². The van der Waals surface area contributed by atoms with Gasteiger partial charge >= 0.3 is 0 Å². The highest BCUT2D eigenvalue weighted by Crippen LogP contribution is 2.27. The molecule has 76 valence electrons. The Bertz CT molecular complexity index is 448. The van der Waals surface area contributed by atoms with E-state index in [0.717, 1.165) is 11.8 Å². The third-order valence-electron chi connectivity index (χ3n) is 2.24. The van der Waals surface area contributed by atoms with Crippen molar-refractivity contribution < 1.29 is 9.90 Å². The molecule has 0 fully saturated rings. The zero-order chi connectivity index (χ0) is 10.7. The highest BCUT2D eigenvalue weighted by atomic mass is 32.1. The SMILES string of the molecule is O=Cc1sccc1C(O)c1ccccc1. The molecule has 0 saturated carbocycles. The summed E-state index contributed by atoms with van der Waals surface area (Å²) in [7, 11) is 0. The number of aliphatic hydroxyl groups is 1. The maximum atomic E-state index is 10.7. The van der Waals surface area contributed by atoms with Gasteiger partial charge < -0.3 is 5.11 Å². The molecule has 0 bridgehead atoms. The van der Waals surface area contributed by atoms with E-state index in [-0.39, 0.29) is 0 Å². The van der Waals surface area contributed by atoms with Crippen LogP contribution in [0, 0.1) is 0 Å². The Morgan fingerprint density at radius 3 is 2.60 bits per heavy atom. The Hall–Kier alpha value is -1.45. The van der Waals surface area contributed by atoms with E-state index in [0.29, 0.717) is 10.4 Å². The van der Waals surface area contributed by atoms with Crippen LogP contribution in [0.15, 0.2) is 41.8 Å². The van der Waals surface area contributed by atoms with Crippen LogP contribution >= 0.6 is 11.3 Å². The van der Waals surface area contributed by atoms with E-state index in [4.69, 9.17) is 0 Å². The molecule has 1 N–H and O–H groups in total. The van der Waals surface area contributed by atoms with Crippen LogP contribution in [-0.4, -0.2) is 11.4 Å². The molecule has 1 heterocycles. The monoisotopic (exact) mass is 218 g/mol. The largest absolute Gasteiger partial charge is 0.384 e. The second-order valence-electron chi connectivity index (χ2n) is 3.17. The standard InChI is InChI=1S/C12H10O2S/c13-8-11-10(6-7-15-11)12(14)9-4-2-1-3-5-9/h1-8,12,14H. The molecule has 0 aliphatic heterocycles. The molecular weight excluding hydrogens is 208 g/mol. The number of hydrogen-bond donors (Lipinski definition) is 1. The number of benzene rings is 1. The van der Waals surface area contributed by atoms with E-state index in [1.807, 2.05) is 35.7 Å². The maximum Gasteiger partial charge on any atom is 0.160 e. The second-order valence-corrected chi connectivity index (χ2v) is 4.12. The Labute approximate surface area is 91.8 Å². The molecule has 1 aromatic carbocycles. The fraction of sp³-hybridized carbons (Fsp3) is 0.0833. The lowest BCUT2D eigenvalue weighted by atomic mass is 10.0. The summed E-state index contributed by atoms with van der Waals surface area (Å²) in [5.74, 6) is 0. The van der Waals surface area contributed by atoms with Gasteiger partial charge in [-0.25, -0.2) is 0 Å². The molecule has 0 saturated heterocycles. The lowest BCUT2D eigenvalue weighted by Gasteiger charge is -2.09. The fourth-order valence-corrected chi connectivity index (χ4v) is 2.20. The number of carbonyl (C=O) groups is 1. The van der Waals surface area contributed by atoms with Crippen molar-refractivity contribution in [3.8, 4) is 0 Å². The normalized spacial score (nSPS) is 12.3. The van der Waals surface area contributed by atoms with Gasteiger partial charge in [0.2, 0.25) is 0 Å². The van der Waals surface area contributed by atoms with Crippen LogP contribution in [0.3, 0.4) is 0 Å². The van der Waals surface area contributed by atoms with Crippen LogP contribution in [0.4, 0.5) is 0 Å². The quantitative estimate of drug-likeness (QED) is 0.804. The minimum absolute atomic E-state index is 0.589. The van der Waals surface area contributed by atoms with Gasteiger partial charge in [0.15, 0.2) is 6.29 Å². The zero-order valence-corrected chi connectivity index (χ0v) is 8.78. The Kier molecular flexibility index (Phi) is 2.94. The lowest BCUT2D eigenvalue weighted by molar-refractivity contribution is 0.112. The van der Waals surface area contributed by atoms with Crippen molar-refractivity contribution in [3.05, 3.63) is 57.8 Å². The third kappa shape index (κ3) is 1.98. The van der Waals surface area contributed by atoms with Gasteiger partial charge in [0.25, 0.3) is 0 Å². The summed E-state index contributed by atoms with van der Waals surface area (Å²) in [5, 5.41) is 11.9. The van der Waals surface area contributed by atoms with Crippen LogP contribution in [0.1, 0.15) is 26.9 Å². The minimum Gasteiger partial charge on any atom is -0.384 e. The fourth-order valence-electron chi connectivity index (χ4n) is 1.47. The van der Waals surface area contributed by atoms with Crippen molar-refractivity contribution in [2.75, 3.05) is 0 Å². The van der Waals surface area contributed by atoms with Crippen LogP contribution in [0.5, 0.6) is 0 Å². The molecule has 1 unspecified atom stereocenters. The van der Waals surface area contributed by atoms with E-state index in [1.54, 1.807) is 6.07 Å². The van der Waals surface area contributed by atoms with Crippen molar-refractivity contribution in [3.63, 3.8) is 0 Å². The number of aldehydes is 1. The molecule has 0 spiro atoms. The van der Waals surface area contributed by atoms with Gasteiger partial charge in [-0.2, -0.15) is 0 Å². The first-order chi connectivity index (χ1) is 7.33. The molecule has 3 heteroatoms. The van der Waals surface area contributed by atoms with Crippen LogP contribution in [0.2, 0.25) is 0 Å². The summed E-state index contributed by atoms with van der Waals surface area (Å²) in [6.45, 7) is 0. The number of carbonyl (C=O) groups excluding carboxylic acids is 1. The van der Waals surface area contributed by atoms with E-state index in [1.165, 1.54) is 11.3 Å². The predicted molar refractivity (Wildman–Crippen MR) is 60.2 cm³/mol. The first-order valence-electron chi connectivity index (χ1n) is 4.58. The van der Waals surface area contributed by atoms with E-state index in [9.17, 15) is 9.90 Å². The molecule has 2 nitrogen and oxygen atoms in total. The van der Waals surface area contributed by atoms with Gasteiger partial charge in [-0.15, -0.1) is 11.3 Å². The second kappa shape index (κ2) is 4.38. The van der Waals surface area contributed by atoms with Gasteiger partial charge in [0.05, 0.1) is 4.88 Å². The molecule has 1 atom stereocenters. The third-order valence-corrected chi connectivity index (χ3v) is 3.10. The first kappa shape index (κ1) is 10.1. The summed E-state index contributed by atoms with van der Waals surface area (Å²) >= 11 is 1.34. The summed E-state index contributed by atoms with van der Waals surface area (Å²) in [5.41, 5.74) is 1.49. The molecule has 15 heavy (non-hydrogen) atoms. The van der Waals surface area contributed by atoms with Crippen LogP contribution < -0.4 is 0 Å². The van der Waals surface area contributed by atoms with E-state index in [2.05, 4.69) is 0 Å². The summed E-state index contributed by atoms with van der Waals surface area (Å²) < 4.78 is 0. The Morgan fingerprint density at radius 2 is 1.93 bits per heavy atom. The molecule has 0 aliphatic carbocycles. The summed E-state index contributed by atoms with van der Waals surface area (Å²) in [6.07, 6.45) is 0.0734. The number of rotatable bonds is 3. The van der Waals surface area contributed by atoms with Gasteiger partial charge in [-0.05, 0) is 17.0 Å². The first-order valence-corrected chi connectivity index (χ1v) is 5.46. The molecule has 2 aromatic rings. The average Bonchev–Trinajstić information content (AvgIpc) is 2.77. The summed E-state index contributed by atoms with van der Waals surface area (Å²) in [4.78, 5) is 11.3. The highest BCUT2D eigenvalue weighted by molar-refractivity contribution is 7.11. The molecule has 0 aliphatic rings. The highest BCUT2D eigenvalue weighted by Gasteiger charge is 2.14. The number of thiophene rings is 1. The minimum atomic E-state index is -0.711. The zero-order valence-electron chi connectivity index (χ0n) is 7.96. The van der Waals surface area contributed by atoms with Crippen molar-refractivity contribution in [1.29, 1.82) is 0 Å². The molecule has 1 aromatic heterocycles. The van der Waals surface area contributed by atoms with E-state index >= 15 is 0 Å². The lowest BCUT2D eigenvalue weighted by Crippen LogP contribution is -2.00. The average molecular weight is 218 g/mol. The molecular formula is C12H10O2S. The Morgan fingerprint density at radius 1 is 1.20 bits per heavy atom. The van der Waals surface area contributed by atoms with Crippen molar-refractivity contribution in [2.24, 2.45) is 0 Å². The van der Waals surface area contributed by atoms with E-state index < -0.39 is 6.10 Å².